The largest absolute Gasteiger partial charge is 0.495 e. The summed E-state index contributed by atoms with van der Waals surface area (Å²) in [6.07, 6.45) is 0. The molecule has 144 valence electrons. The molecule has 1 atom stereocenters. The highest BCUT2D eigenvalue weighted by atomic mass is 35.5. The number of anilines is 2. The molecule has 0 spiro atoms. The molecule has 3 rings (SSSR count). The number of quaternary nitrogens is 1. The Labute approximate surface area is 165 Å². The normalized spacial score (nSPS) is 16.1. The molecule has 0 bridgehead atoms. The summed E-state index contributed by atoms with van der Waals surface area (Å²) in [4.78, 5) is 16.3. The van der Waals surface area contributed by atoms with E-state index in [0.717, 1.165) is 48.1 Å². The fourth-order valence-corrected chi connectivity index (χ4v) is 3.78. The Hall–Kier alpha value is -2.24. The smallest absolute Gasteiger partial charge is 0.282 e. The van der Waals surface area contributed by atoms with Crippen LogP contribution in [0.5, 0.6) is 5.75 Å². The third-order valence-corrected chi connectivity index (χ3v) is 5.54. The van der Waals surface area contributed by atoms with Crippen LogP contribution in [0.15, 0.2) is 42.5 Å². The van der Waals surface area contributed by atoms with Crippen LogP contribution in [-0.4, -0.2) is 45.2 Å². The maximum atomic E-state index is 12.8. The van der Waals surface area contributed by atoms with Gasteiger partial charge < -0.3 is 19.9 Å². The number of aryl methyl sites for hydroxylation is 1. The van der Waals surface area contributed by atoms with Gasteiger partial charge in [-0.25, -0.2) is 0 Å². The van der Waals surface area contributed by atoms with Gasteiger partial charge in [0.25, 0.3) is 5.91 Å². The van der Waals surface area contributed by atoms with Crippen LogP contribution < -0.4 is 19.9 Å². The number of nitrogens with zero attached hydrogens (tertiary/aromatic N) is 1. The van der Waals surface area contributed by atoms with Crippen LogP contribution in [0.1, 0.15) is 12.5 Å². The second kappa shape index (κ2) is 8.63. The van der Waals surface area contributed by atoms with Crippen molar-refractivity contribution in [1.29, 1.82) is 0 Å². The van der Waals surface area contributed by atoms with Gasteiger partial charge in [-0.3, -0.25) is 4.79 Å². The summed E-state index contributed by atoms with van der Waals surface area (Å²) < 4.78 is 5.36. The maximum absolute atomic E-state index is 12.8. The van der Waals surface area contributed by atoms with Gasteiger partial charge >= 0.3 is 0 Å². The highest BCUT2D eigenvalue weighted by Gasteiger charge is 2.30. The maximum Gasteiger partial charge on any atom is 0.282 e. The lowest BCUT2D eigenvalue weighted by atomic mass is 10.1. The molecular weight excluding hydrogens is 362 g/mol. The van der Waals surface area contributed by atoms with E-state index >= 15 is 0 Å². The Kier molecular flexibility index (Phi) is 6.24. The zero-order valence-corrected chi connectivity index (χ0v) is 16.8. The minimum absolute atomic E-state index is 0.0140. The predicted octanol–water partition coefficient (Wildman–Crippen LogP) is 2.39. The third-order valence-electron chi connectivity index (χ3n) is 5.22. The van der Waals surface area contributed by atoms with Gasteiger partial charge in [0, 0.05) is 0 Å². The molecule has 2 N–H and O–H groups in total. The van der Waals surface area contributed by atoms with E-state index in [1.165, 1.54) is 4.90 Å². The Morgan fingerprint density at radius 3 is 2.59 bits per heavy atom. The number of para-hydroxylation sites is 1. The molecule has 2 aromatic rings. The first-order chi connectivity index (χ1) is 13.0. The number of hydrogen-bond acceptors (Lipinski definition) is 3. The van der Waals surface area contributed by atoms with E-state index in [1.807, 2.05) is 56.3 Å². The van der Waals surface area contributed by atoms with Gasteiger partial charge in [-0.15, -0.1) is 0 Å². The van der Waals surface area contributed by atoms with Crippen LogP contribution in [0.4, 0.5) is 11.4 Å². The Balaban J connectivity index is 1.61. The number of carbonyl (C=O) groups is 1. The van der Waals surface area contributed by atoms with Crippen molar-refractivity contribution in [2.45, 2.75) is 19.9 Å². The monoisotopic (exact) mass is 388 g/mol. The molecule has 5 nitrogen and oxygen atoms in total. The van der Waals surface area contributed by atoms with E-state index in [2.05, 4.69) is 10.2 Å². The molecule has 1 amide bonds. The third kappa shape index (κ3) is 4.54. The summed E-state index contributed by atoms with van der Waals surface area (Å²) in [6, 6.07) is 13.6. The minimum Gasteiger partial charge on any atom is -0.495 e. The number of carbonyl (C=O) groups excluding carboxylic acids is 1. The molecule has 0 aromatic heterocycles. The van der Waals surface area contributed by atoms with Crippen molar-refractivity contribution in [2.24, 2.45) is 0 Å². The van der Waals surface area contributed by atoms with Gasteiger partial charge in [0.1, 0.15) is 5.75 Å². The lowest BCUT2D eigenvalue weighted by Gasteiger charge is -2.36. The van der Waals surface area contributed by atoms with E-state index in [4.69, 9.17) is 16.3 Å². The van der Waals surface area contributed by atoms with Gasteiger partial charge in [-0.1, -0.05) is 29.8 Å². The number of benzene rings is 2. The van der Waals surface area contributed by atoms with Crippen molar-refractivity contribution in [3.8, 4) is 5.75 Å². The highest BCUT2D eigenvalue weighted by Crippen LogP contribution is 2.26. The molecule has 6 heteroatoms. The second-order valence-electron chi connectivity index (χ2n) is 7.01. The van der Waals surface area contributed by atoms with Crippen LogP contribution in [-0.2, 0) is 4.79 Å². The van der Waals surface area contributed by atoms with Crippen molar-refractivity contribution < 1.29 is 14.4 Å². The van der Waals surface area contributed by atoms with E-state index < -0.39 is 0 Å². The lowest BCUT2D eigenvalue weighted by Crippen LogP contribution is -3.19. The number of methoxy groups -OCH3 is 1. The van der Waals surface area contributed by atoms with Gasteiger partial charge in [-0.2, -0.15) is 0 Å². The van der Waals surface area contributed by atoms with Gasteiger partial charge in [0.2, 0.25) is 0 Å². The van der Waals surface area contributed by atoms with Crippen molar-refractivity contribution in [3.05, 3.63) is 53.1 Å². The van der Waals surface area contributed by atoms with E-state index in [9.17, 15) is 4.79 Å². The molecular formula is C21H27ClN3O2+. The van der Waals surface area contributed by atoms with Crippen LogP contribution in [0, 0.1) is 6.92 Å². The first kappa shape index (κ1) is 19.5. The molecule has 1 fully saturated rings. The summed E-state index contributed by atoms with van der Waals surface area (Å²) in [6.45, 7) is 7.53. The Morgan fingerprint density at radius 1 is 1.22 bits per heavy atom. The molecule has 0 unspecified atom stereocenters. The second-order valence-corrected chi connectivity index (χ2v) is 7.42. The van der Waals surface area contributed by atoms with E-state index in [-0.39, 0.29) is 11.9 Å². The number of hydrogen-bond donors (Lipinski definition) is 2. The van der Waals surface area contributed by atoms with E-state index in [1.54, 1.807) is 7.11 Å². The van der Waals surface area contributed by atoms with Crippen LogP contribution >= 0.6 is 11.6 Å². The number of piperazine rings is 1. The molecule has 0 radical (unpaired) electrons. The average Bonchev–Trinajstić information content (AvgIpc) is 2.68. The Bertz CT molecular complexity index is 804. The number of ether oxygens (including phenoxy) is 1. The average molecular weight is 389 g/mol. The number of amides is 1. The zero-order chi connectivity index (χ0) is 19.4. The number of rotatable bonds is 5. The van der Waals surface area contributed by atoms with Crippen molar-refractivity contribution in [1.82, 2.24) is 0 Å². The summed E-state index contributed by atoms with van der Waals surface area (Å²) in [5, 5.41) is 3.81. The minimum atomic E-state index is -0.136. The van der Waals surface area contributed by atoms with Crippen molar-refractivity contribution in [2.75, 3.05) is 43.5 Å². The summed E-state index contributed by atoms with van der Waals surface area (Å²) in [5.74, 6) is 0.694. The molecule has 0 aliphatic carbocycles. The molecule has 1 aliphatic heterocycles. The van der Waals surface area contributed by atoms with Gasteiger partial charge in [0.05, 0.1) is 49.7 Å². The predicted molar refractivity (Wildman–Crippen MR) is 110 cm³/mol. The fourth-order valence-electron chi connectivity index (χ4n) is 3.52. The lowest BCUT2D eigenvalue weighted by molar-refractivity contribution is -0.914. The van der Waals surface area contributed by atoms with Crippen molar-refractivity contribution in [3.63, 3.8) is 0 Å². The molecule has 2 aromatic carbocycles. The first-order valence-corrected chi connectivity index (χ1v) is 9.67. The highest BCUT2D eigenvalue weighted by molar-refractivity contribution is 6.33. The number of halogens is 1. The summed E-state index contributed by atoms with van der Waals surface area (Å²) >= 11 is 6.31. The standard InChI is InChI=1S/C21H26ClN3O2/c1-15-8-9-20(27-3)18(14-15)23-21(26)16(2)24-10-12-25(13-11-24)19-7-5-4-6-17(19)22/h4-9,14,16H,10-13H2,1-3H3,(H,23,26)/p+1/t16-/m1/s1. The fraction of sp³-hybridized carbons (Fsp3) is 0.381. The molecule has 0 saturated carbocycles. The first-order valence-electron chi connectivity index (χ1n) is 9.29. The van der Waals surface area contributed by atoms with E-state index in [0.29, 0.717) is 5.75 Å². The summed E-state index contributed by atoms with van der Waals surface area (Å²) in [7, 11) is 1.61. The topological polar surface area (TPSA) is 46.0 Å². The van der Waals surface area contributed by atoms with Gasteiger partial charge in [-0.05, 0) is 43.7 Å². The summed E-state index contributed by atoms with van der Waals surface area (Å²) in [5.41, 5.74) is 2.88. The zero-order valence-electron chi connectivity index (χ0n) is 16.1. The van der Waals surface area contributed by atoms with Crippen LogP contribution in [0.3, 0.4) is 0 Å². The SMILES string of the molecule is COc1ccc(C)cc1NC(=O)[C@@H](C)[NH+]1CCN(c2ccccc2Cl)CC1. The molecule has 1 aliphatic rings. The number of nitrogens with one attached hydrogen (secondary N) is 2. The quantitative estimate of drug-likeness (QED) is 0.826. The Morgan fingerprint density at radius 2 is 1.93 bits per heavy atom. The van der Waals surface area contributed by atoms with Crippen LogP contribution in [0.2, 0.25) is 5.02 Å². The van der Waals surface area contributed by atoms with Crippen molar-refractivity contribution >= 4 is 28.9 Å². The van der Waals surface area contributed by atoms with Crippen LogP contribution in [0.25, 0.3) is 0 Å². The molecule has 1 saturated heterocycles. The molecule has 1 heterocycles. The van der Waals surface area contributed by atoms with Gasteiger partial charge in [0.15, 0.2) is 6.04 Å². The molecule has 27 heavy (non-hydrogen) atoms.